The molecule has 1 aromatic heterocycles. The highest BCUT2D eigenvalue weighted by atomic mass is 16.5. The van der Waals surface area contributed by atoms with E-state index in [4.69, 9.17) is 4.74 Å². The summed E-state index contributed by atoms with van der Waals surface area (Å²) in [6.45, 7) is 2.82. The summed E-state index contributed by atoms with van der Waals surface area (Å²) in [6.07, 6.45) is 1.23. The minimum atomic E-state index is -0.186. The molecule has 1 N–H and O–H groups in total. The minimum Gasteiger partial charge on any atom is -0.492 e. The number of aromatic nitrogens is 2. The molecular weight excluding hydrogens is 318 g/mol. The summed E-state index contributed by atoms with van der Waals surface area (Å²) in [5.74, 6) is 0.594. The van der Waals surface area contributed by atoms with Crippen molar-refractivity contribution in [2.45, 2.75) is 13.5 Å². The summed E-state index contributed by atoms with van der Waals surface area (Å²) in [5, 5.41) is 7.39. The van der Waals surface area contributed by atoms with Crippen molar-refractivity contribution in [3.05, 3.63) is 70.5 Å². The number of nitrogens with one attached hydrogen (secondary N) is 1. The molecule has 25 heavy (non-hydrogen) atoms. The van der Waals surface area contributed by atoms with Crippen molar-refractivity contribution in [3.63, 3.8) is 0 Å². The van der Waals surface area contributed by atoms with E-state index in [1.165, 1.54) is 10.9 Å². The fourth-order valence-electron chi connectivity index (χ4n) is 2.54. The number of amides is 1. The number of carbonyl (C=O) groups excluding carboxylic acids is 1. The van der Waals surface area contributed by atoms with Crippen LogP contribution in [0.2, 0.25) is 0 Å². The molecule has 0 aliphatic rings. The Kier molecular flexibility index (Phi) is 5.09. The molecule has 1 heterocycles. The van der Waals surface area contributed by atoms with Crippen LogP contribution in [0.5, 0.6) is 5.75 Å². The van der Waals surface area contributed by atoms with Crippen molar-refractivity contribution in [3.8, 4) is 5.75 Å². The summed E-state index contributed by atoms with van der Waals surface area (Å²) >= 11 is 0. The molecule has 6 heteroatoms. The maximum atomic E-state index is 12.1. The van der Waals surface area contributed by atoms with E-state index in [2.05, 4.69) is 10.4 Å². The lowest BCUT2D eigenvalue weighted by Crippen LogP contribution is -2.32. The number of aryl methyl sites for hydroxylation is 1. The van der Waals surface area contributed by atoms with Gasteiger partial charge in [0, 0.05) is 5.39 Å². The Morgan fingerprint density at radius 1 is 1.20 bits per heavy atom. The van der Waals surface area contributed by atoms with Gasteiger partial charge in [-0.1, -0.05) is 24.3 Å². The second-order valence-electron chi connectivity index (χ2n) is 5.70. The van der Waals surface area contributed by atoms with Gasteiger partial charge in [0.1, 0.15) is 18.9 Å². The maximum absolute atomic E-state index is 12.1. The van der Waals surface area contributed by atoms with E-state index in [1.807, 2.05) is 37.3 Å². The lowest BCUT2D eigenvalue weighted by atomic mass is 10.2. The summed E-state index contributed by atoms with van der Waals surface area (Å²) in [4.78, 5) is 23.9. The summed E-state index contributed by atoms with van der Waals surface area (Å²) < 4.78 is 7.12. The van der Waals surface area contributed by atoms with Gasteiger partial charge in [0.15, 0.2) is 0 Å². The fraction of sp³-hybridized carbons (Fsp3) is 0.211. The summed E-state index contributed by atoms with van der Waals surface area (Å²) in [6, 6.07) is 14.8. The van der Waals surface area contributed by atoms with Crippen LogP contribution < -0.4 is 15.5 Å². The number of para-hydroxylation sites is 1. The number of ether oxygens (including phenoxy) is 1. The third kappa shape index (κ3) is 4.23. The van der Waals surface area contributed by atoms with Crippen molar-refractivity contribution in [2.75, 3.05) is 13.2 Å². The quantitative estimate of drug-likeness (QED) is 0.697. The highest BCUT2D eigenvalue weighted by Crippen LogP contribution is 2.11. The van der Waals surface area contributed by atoms with E-state index >= 15 is 0 Å². The summed E-state index contributed by atoms with van der Waals surface area (Å²) in [7, 11) is 0. The molecule has 0 aliphatic heterocycles. The normalized spacial score (nSPS) is 10.6. The molecule has 0 unspecified atom stereocenters. The third-order valence-electron chi connectivity index (χ3n) is 3.74. The zero-order chi connectivity index (χ0) is 17.6. The number of fused-ring (bicyclic) bond motifs is 1. The van der Waals surface area contributed by atoms with Gasteiger partial charge >= 0.3 is 0 Å². The number of carbonyl (C=O) groups is 1. The van der Waals surface area contributed by atoms with Crippen LogP contribution in [0.3, 0.4) is 0 Å². The first kappa shape index (κ1) is 16.7. The van der Waals surface area contributed by atoms with Crippen molar-refractivity contribution >= 4 is 16.8 Å². The van der Waals surface area contributed by atoms with Gasteiger partial charge in [0.05, 0.1) is 18.3 Å². The molecule has 3 aromatic rings. The van der Waals surface area contributed by atoms with Crippen molar-refractivity contribution in [1.82, 2.24) is 15.1 Å². The first-order valence-corrected chi connectivity index (χ1v) is 8.04. The third-order valence-corrected chi connectivity index (χ3v) is 3.74. The van der Waals surface area contributed by atoms with Gasteiger partial charge in [-0.15, -0.1) is 0 Å². The van der Waals surface area contributed by atoms with E-state index in [0.29, 0.717) is 24.1 Å². The molecule has 3 rings (SSSR count). The lowest BCUT2D eigenvalue weighted by molar-refractivity contribution is -0.121. The predicted octanol–water partition coefficient (Wildman–Crippen LogP) is 1.90. The number of rotatable bonds is 6. The van der Waals surface area contributed by atoms with Crippen LogP contribution in [0.15, 0.2) is 59.5 Å². The largest absolute Gasteiger partial charge is 0.492 e. The molecule has 0 saturated heterocycles. The SMILES string of the molecule is Cc1cccc(OCCNC(=O)Cn2ncc(=O)c3ccccc32)c1. The molecule has 0 radical (unpaired) electrons. The monoisotopic (exact) mass is 337 g/mol. The van der Waals surface area contributed by atoms with Gasteiger partial charge in [-0.3, -0.25) is 14.3 Å². The number of hydrogen-bond acceptors (Lipinski definition) is 4. The fourth-order valence-corrected chi connectivity index (χ4v) is 2.54. The van der Waals surface area contributed by atoms with Crippen molar-refractivity contribution in [2.24, 2.45) is 0 Å². The van der Waals surface area contributed by atoms with E-state index in [1.54, 1.807) is 18.2 Å². The molecule has 1 amide bonds. The molecule has 6 nitrogen and oxygen atoms in total. The van der Waals surface area contributed by atoms with Crippen LogP contribution in [-0.2, 0) is 11.3 Å². The van der Waals surface area contributed by atoms with Crippen LogP contribution >= 0.6 is 0 Å². The minimum absolute atomic E-state index is 0.0469. The van der Waals surface area contributed by atoms with E-state index in [9.17, 15) is 9.59 Å². The van der Waals surface area contributed by atoms with E-state index in [0.717, 1.165) is 11.3 Å². The van der Waals surface area contributed by atoms with Crippen LogP contribution in [-0.4, -0.2) is 28.8 Å². The molecule has 0 spiro atoms. The van der Waals surface area contributed by atoms with Crippen LogP contribution in [0.25, 0.3) is 10.9 Å². The Bertz CT molecular complexity index is 950. The second kappa shape index (κ2) is 7.61. The average molecular weight is 337 g/mol. The van der Waals surface area contributed by atoms with Crippen LogP contribution in [0.4, 0.5) is 0 Å². The number of benzene rings is 2. The van der Waals surface area contributed by atoms with Gasteiger partial charge in [-0.05, 0) is 36.8 Å². The molecule has 0 aliphatic carbocycles. The number of hydrogen-bond donors (Lipinski definition) is 1. The molecule has 0 atom stereocenters. The second-order valence-corrected chi connectivity index (χ2v) is 5.70. The Hall–Kier alpha value is -3.15. The Morgan fingerprint density at radius 3 is 2.88 bits per heavy atom. The first-order valence-electron chi connectivity index (χ1n) is 8.04. The molecule has 128 valence electrons. The molecule has 0 fully saturated rings. The zero-order valence-corrected chi connectivity index (χ0v) is 13.9. The van der Waals surface area contributed by atoms with Gasteiger partial charge in [-0.2, -0.15) is 5.10 Å². The van der Waals surface area contributed by atoms with E-state index < -0.39 is 0 Å². The molecule has 0 bridgehead atoms. The first-order chi connectivity index (χ1) is 12.1. The average Bonchev–Trinajstić information content (AvgIpc) is 2.61. The van der Waals surface area contributed by atoms with Crippen LogP contribution in [0.1, 0.15) is 5.56 Å². The van der Waals surface area contributed by atoms with Gasteiger partial charge in [0.2, 0.25) is 11.3 Å². The Balaban J connectivity index is 1.55. The van der Waals surface area contributed by atoms with E-state index in [-0.39, 0.29) is 17.9 Å². The molecular formula is C19H19N3O3. The van der Waals surface area contributed by atoms with Gasteiger partial charge in [-0.25, -0.2) is 0 Å². The van der Waals surface area contributed by atoms with Crippen molar-refractivity contribution < 1.29 is 9.53 Å². The van der Waals surface area contributed by atoms with Crippen LogP contribution in [0, 0.1) is 6.92 Å². The smallest absolute Gasteiger partial charge is 0.241 e. The standard InChI is InChI=1S/C19H19N3O3/c1-14-5-4-6-15(11-14)25-10-9-20-19(24)13-22-17-8-3-2-7-16(17)18(23)12-21-22/h2-8,11-12H,9-10,13H2,1H3,(H,20,24). The van der Waals surface area contributed by atoms with Gasteiger partial charge < -0.3 is 10.1 Å². The van der Waals surface area contributed by atoms with Crippen molar-refractivity contribution in [1.29, 1.82) is 0 Å². The highest BCUT2D eigenvalue weighted by molar-refractivity contribution is 5.81. The van der Waals surface area contributed by atoms with Gasteiger partial charge in [0.25, 0.3) is 0 Å². The Morgan fingerprint density at radius 2 is 2.04 bits per heavy atom. The molecule has 2 aromatic carbocycles. The molecule has 0 saturated carbocycles. The maximum Gasteiger partial charge on any atom is 0.241 e. The predicted molar refractivity (Wildman–Crippen MR) is 95.7 cm³/mol. The highest BCUT2D eigenvalue weighted by Gasteiger charge is 2.07. The topological polar surface area (TPSA) is 73.2 Å². The number of nitrogens with zero attached hydrogens (tertiary/aromatic N) is 2. The Labute approximate surface area is 145 Å². The zero-order valence-electron chi connectivity index (χ0n) is 13.9. The lowest BCUT2D eigenvalue weighted by Gasteiger charge is -2.10. The summed E-state index contributed by atoms with van der Waals surface area (Å²) in [5.41, 5.74) is 1.61.